The van der Waals surface area contributed by atoms with E-state index in [1.165, 1.54) is 44.9 Å². The van der Waals surface area contributed by atoms with E-state index in [4.69, 9.17) is 9.22 Å². The van der Waals surface area contributed by atoms with Crippen LogP contribution in [-0.4, -0.2) is 37.5 Å². The summed E-state index contributed by atoms with van der Waals surface area (Å²) in [6, 6.07) is 0. The standard InChI is InChI=1S/C12H25.3C6H12O2.Sn/c1-3-5-7-9-11-12-10-8-6-4-2;3*1-2-3-4-5-6(7)8;/h1,3-12H2,2H3;3*2-5H2,1H3,(H,7,8);/q;;;;+3/p-3. The molecule has 0 fully saturated rings. The van der Waals surface area contributed by atoms with Crippen molar-refractivity contribution in [1.29, 1.82) is 0 Å². The molecule has 0 atom stereocenters. The second-order valence-corrected chi connectivity index (χ2v) is 17.5. The first kappa shape index (κ1) is 36.2. The van der Waals surface area contributed by atoms with Crippen LogP contribution >= 0.6 is 0 Å². The quantitative estimate of drug-likeness (QED) is 0.0698. The van der Waals surface area contributed by atoms with Gasteiger partial charge in [-0.25, -0.2) is 0 Å². The monoisotopic (exact) mass is 634 g/mol. The van der Waals surface area contributed by atoms with Gasteiger partial charge in [0.05, 0.1) is 0 Å². The van der Waals surface area contributed by atoms with Gasteiger partial charge in [0.1, 0.15) is 0 Å². The van der Waals surface area contributed by atoms with Crippen LogP contribution in [0.4, 0.5) is 0 Å². The summed E-state index contributed by atoms with van der Waals surface area (Å²) in [6.45, 7) is 8.47. The van der Waals surface area contributed by atoms with E-state index < -0.39 is 19.6 Å². The van der Waals surface area contributed by atoms with Crippen LogP contribution in [0, 0.1) is 0 Å². The molecular weight excluding hydrogens is 575 g/mol. The molecule has 37 heavy (non-hydrogen) atoms. The minimum atomic E-state index is -4.75. The fourth-order valence-electron chi connectivity index (χ4n) is 4.28. The van der Waals surface area contributed by atoms with Crippen molar-refractivity contribution in [1.82, 2.24) is 0 Å². The Kier molecular flexibility index (Phi) is 24.9. The summed E-state index contributed by atoms with van der Waals surface area (Å²) < 4.78 is 18.1. The van der Waals surface area contributed by atoms with E-state index in [0.29, 0.717) is 4.44 Å². The third kappa shape index (κ3) is 21.8. The summed E-state index contributed by atoms with van der Waals surface area (Å²) in [5, 5.41) is 0. The van der Waals surface area contributed by atoms with Gasteiger partial charge in [0.15, 0.2) is 0 Å². The van der Waals surface area contributed by atoms with Gasteiger partial charge < -0.3 is 0 Å². The van der Waals surface area contributed by atoms with Gasteiger partial charge in [0, 0.05) is 0 Å². The predicted octanol–water partition coefficient (Wildman–Crippen LogP) is 9.22. The number of hydrogen-bond acceptors (Lipinski definition) is 6. The molecule has 0 heterocycles. The molecule has 0 spiro atoms. The van der Waals surface area contributed by atoms with Crippen molar-refractivity contribution in [2.45, 2.75) is 173 Å². The van der Waals surface area contributed by atoms with E-state index in [0.717, 1.165) is 77.0 Å². The first-order chi connectivity index (χ1) is 17.9. The molecule has 0 saturated carbocycles. The molecule has 6 nitrogen and oxygen atoms in total. The number of hydrogen-bond donors (Lipinski definition) is 0. The third-order valence-electron chi connectivity index (χ3n) is 6.60. The Labute approximate surface area is 233 Å². The minimum absolute atomic E-state index is 0.269. The van der Waals surface area contributed by atoms with Crippen LogP contribution in [0.1, 0.15) is 169 Å². The molecule has 0 aromatic rings. The predicted molar refractivity (Wildman–Crippen MR) is 153 cm³/mol. The van der Waals surface area contributed by atoms with Crippen LogP contribution in [0.25, 0.3) is 0 Å². The summed E-state index contributed by atoms with van der Waals surface area (Å²) >= 11 is -4.75. The number of rotatable bonds is 26. The van der Waals surface area contributed by atoms with E-state index in [9.17, 15) is 14.4 Å². The van der Waals surface area contributed by atoms with E-state index in [2.05, 4.69) is 27.7 Å². The third-order valence-corrected chi connectivity index (χ3v) is 14.0. The van der Waals surface area contributed by atoms with E-state index in [-0.39, 0.29) is 37.2 Å². The molecule has 0 saturated heterocycles. The zero-order valence-corrected chi connectivity index (χ0v) is 27.6. The maximum atomic E-state index is 12.7. The average molecular weight is 633 g/mol. The molecule has 0 aromatic carbocycles. The second-order valence-electron chi connectivity index (χ2n) is 10.4. The summed E-state index contributed by atoms with van der Waals surface area (Å²) in [4.78, 5) is 38.2. The molecule has 218 valence electrons. The Morgan fingerprint density at radius 2 is 0.676 bits per heavy atom. The molecule has 0 bridgehead atoms. The van der Waals surface area contributed by atoms with Gasteiger partial charge in [-0.2, -0.15) is 0 Å². The Balaban J connectivity index is 5.18. The van der Waals surface area contributed by atoms with Crippen molar-refractivity contribution in [3.8, 4) is 0 Å². The molecule has 0 aromatic heterocycles. The average Bonchev–Trinajstić information content (AvgIpc) is 2.85. The van der Waals surface area contributed by atoms with Crippen molar-refractivity contribution >= 4 is 37.5 Å². The van der Waals surface area contributed by atoms with Gasteiger partial charge in [0.25, 0.3) is 0 Å². The van der Waals surface area contributed by atoms with E-state index in [1.807, 2.05) is 0 Å². The van der Waals surface area contributed by atoms with Crippen LogP contribution in [0.2, 0.25) is 4.44 Å². The van der Waals surface area contributed by atoms with Gasteiger partial charge in [-0.1, -0.05) is 0 Å². The van der Waals surface area contributed by atoms with Crippen LogP contribution in [0.5, 0.6) is 0 Å². The van der Waals surface area contributed by atoms with E-state index >= 15 is 0 Å². The number of carbonyl (C=O) groups excluding carboxylic acids is 3. The maximum absolute atomic E-state index is 12.7. The van der Waals surface area contributed by atoms with Crippen molar-refractivity contribution < 1.29 is 23.6 Å². The molecule has 0 rings (SSSR count). The second kappa shape index (κ2) is 25.5. The number of carbonyl (C=O) groups is 3. The summed E-state index contributed by atoms with van der Waals surface area (Å²) in [5.41, 5.74) is 0. The van der Waals surface area contributed by atoms with Crippen LogP contribution < -0.4 is 0 Å². The summed E-state index contributed by atoms with van der Waals surface area (Å²) in [6.07, 6.45) is 20.5. The number of unbranched alkanes of at least 4 members (excludes halogenated alkanes) is 15. The van der Waals surface area contributed by atoms with E-state index in [1.54, 1.807) is 0 Å². The molecule has 0 aliphatic rings. The molecular formula is C30H58O6Sn. The zero-order chi connectivity index (χ0) is 27.6. The Morgan fingerprint density at radius 3 is 1.00 bits per heavy atom. The van der Waals surface area contributed by atoms with Crippen LogP contribution in [0.15, 0.2) is 0 Å². The molecule has 0 aliphatic heterocycles. The Bertz CT molecular complexity index is 521. The van der Waals surface area contributed by atoms with Crippen LogP contribution in [-0.2, 0) is 23.6 Å². The fraction of sp³-hybridized carbons (Fsp3) is 0.900. The van der Waals surface area contributed by atoms with Crippen molar-refractivity contribution in [3.63, 3.8) is 0 Å². The summed E-state index contributed by atoms with van der Waals surface area (Å²) in [7, 11) is 0. The van der Waals surface area contributed by atoms with Crippen molar-refractivity contribution in [2.75, 3.05) is 0 Å². The topological polar surface area (TPSA) is 78.9 Å². The SMILES string of the molecule is CCCCCCCCCCC[CH2][Sn]([O]C(=O)CCCCC)([O]C(=O)CCCCC)[O]C(=O)CCCCC. The molecule has 0 amide bonds. The summed E-state index contributed by atoms with van der Waals surface area (Å²) in [5.74, 6) is -1.17. The van der Waals surface area contributed by atoms with Gasteiger partial charge in [-0.3, -0.25) is 0 Å². The molecule has 7 heteroatoms. The van der Waals surface area contributed by atoms with Gasteiger partial charge in [-0.15, -0.1) is 0 Å². The van der Waals surface area contributed by atoms with Crippen LogP contribution in [0.3, 0.4) is 0 Å². The van der Waals surface area contributed by atoms with Gasteiger partial charge in [-0.05, 0) is 0 Å². The van der Waals surface area contributed by atoms with Crippen molar-refractivity contribution in [3.05, 3.63) is 0 Å². The molecule has 0 aliphatic carbocycles. The Morgan fingerprint density at radius 1 is 0.405 bits per heavy atom. The first-order valence-electron chi connectivity index (χ1n) is 15.6. The first-order valence-corrected chi connectivity index (χ1v) is 21.1. The Hall–Kier alpha value is -0.791. The zero-order valence-electron chi connectivity index (χ0n) is 24.7. The van der Waals surface area contributed by atoms with Gasteiger partial charge >= 0.3 is 235 Å². The van der Waals surface area contributed by atoms with Gasteiger partial charge in [0.2, 0.25) is 0 Å². The molecule has 0 N–H and O–H groups in total. The normalized spacial score (nSPS) is 11.4. The molecule has 0 unspecified atom stereocenters. The molecule has 0 radical (unpaired) electrons. The van der Waals surface area contributed by atoms with Crippen molar-refractivity contribution in [2.24, 2.45) is 0 Å². The fourth-order valence-corrected chi connectivity index (χ4v) is 11.3.